The van der Waals surface area contributed by atoms with Crippen LogP contribution >= 0.6 is 0 Å². The number of rotatable bonds is 6. The molecule has 1 fully saturated rings. The first-order valence-electron chi connectivity index (χ1n) is 7.35. The number of nitrogens with zero attached hydrogens (tertiary/aromatic N) is 1. The van der Waals surface area contributed by atoms with Crippen molar-refractivity contribution in [3.05, 3.63) is 30.3 Å². The molecule has 0 aliphatic carbocycles. The number of hydrogen-bond acceptors (Lipinski definition) is 3. The highest BCUT2D eigenvalue weighted by atomic mass is 16.5. The van der Waals surface area contributed by atoms with Crippen molar-refractivity contribution in [3.8, 4) is 5.75 Å². The monoisotopic (exact) mass is 277 g/mol. The summed E-state index contributed by atoms with van der Waals surface area (Å²) in [5.41, 5.74) is 0. The van der Waals surface area contributed by atoms with Crippen molar-refractivity contribution in [2.45, 2.75) is 44.8 Å². The molecule has 4 nitrogen and oxygen atoms in total. The van der Waals surface area contributed by atoms with Gasteiger partial charge >= 0.3 is 0 Å². The fraction of sp³-hybridized carbons (Fsp3) is 0.562. The van der Waals surface area contributed by atoms with E-state index < -0.39 is 6.10 Å². The molecule has 1 amide bonds. The van der Waals surface area contributed by atoms with Gasteiger partial charge in [-0.25, -0.2) is 0 Å². The minimum atomic E-state index is -0.466. The summed E-state index contributed by atoms with van der Waals surface area (Å²) in [6.45, 7) is 2.79. The minimum absolute atomic E-state index is 0.0503. The fourth-order valence-corrected chi connectivity index (χ4v) is 2.74. The summed E-state index contributed by atoms with van der Waals surface area (Å²) in [5, 5.41) is 8.93. The standard InChI is InChI=1S/C16H23NO3/c1-13(20-15-9-3-2-4-10-15)16(19)17-11-5-7-14(17)8-6-12-18/h2-4,9-10,13-14,18H,5-8,11-12H2,1H3. The Labute approximate surface area is 120 Å². The van der Waals surface area contributed by atoms with E-state index in [0.29, 0.717) is 0 Å². The zero-order valence-corrected chi connectivity index (χ0v) is 12.0. The van der Waals surface area contributed by atoms with Gasteiger partial charge < -0.3 is 14.7 Å². The van der Waals surface area contributed by atoms with Crippen LogP contribution in [0, 0.1) is 0 Å². The molecule has 2 atom stereocenters. The molecular weight excluding hydrogens is 254 g/mol. The van der Waals surface area contributed by atoms with Crippen LogP contribution in [0.2, 0.25) is 0 Å². The molecule has 0 radical (unpaired) electrons. The maximum atomic E-state index is 12.5. The third-order valence-corrected chi connectivity index (χ3v) is 3.76. The van der Waals surface area contributed by atoms with Crippen molar-refractivity contribution in [1.29, 1.82) is 0 Å². The number of likely N-dealkylation sites (tertiary alicyclic amines) is 1. The lowest BCUT2D eigenvalue weighted by Crippen LogP contribution is -2.43. The van der Waals surface area contributed by atoms with Crippen molar-refractivity contribution in [2.24, 2.45) is 0 Å². The van der Waals surface area contributed by atoms with E-state index in [1.807, 2.05) is 35.2 Å². The number of carbonyl (C=O) groups is 1. The average Bonchev–Trinajstić information content (AvgIpc) is 2.93. The third kappa shape index (κ3) is 3.73. The molecule has 0 spiro atoms. The molecule has 1 aromatic rings. The Morgan fingerprint density at radius 1 is 1.45 bits per heavy atom. The zero-order chi connectivity index (χ0) is 14.4. The van der Waals surface area contributed by atoms with Crippen LogP contribution in [-0.4, -0.2) is 41.2 Å². The number of carbonyl (C=O) groups excluding carboxylic acids is 1. The van der Waals surface area contributed by atoms with Gasteiger partial charge in [0.25, 0.3) is 5.91 Å². The lowest BCUT2D eigenvalue weighted by molar-refractivity contribution is -0.138. The summed E-state index contributed by atoms with van der Waals surface area (Å²) in [4.78, 5) is 14.4. The van der Waals surface area contributed by atoms with Gasteiger partial charge in [0.15, 0.2) is 6.10 Å². The quantitative estimate of drug-likeness (QED) is 0.867. The first-order valence-corrected chi connectivity index (χ1v) is 7.35. The second-order valence-electron chi connectivity index (χ2n) is 5.27. The molecule has 110 valence electrons. The molecule has 1 N–H and O–H groups in total. The molecule has 1 aromatic carbocycles. The smallest absolute Gasteiger partial charge is 0.263 e. The fourth-order valence-electron chi connectivity index (χ4n) is 2.74. The SMILES string of the molecule is CC(Oc1ccccc1)C(=O)N1CCCC1CCCO. The summed E-state index contributed by atoms with van der Waals surface area (Å²) >= 11 is 0. The van der Waals surface area contributed by atoms with Gasteiger partial charge in [-0.15, -0.1) is 0 Å². The highest BCUT2D eigenvalue weighted by molar-refractivity contribution is 5.81. The Morgan fingerprint density at radius 2 is 2.20 bits per heavy atom. The number of aliphatic hydroxyl groups is 1. The molecule has 1 aliphatic rings. The van der Waals surface area contributed by atoms with Gasteiger partial charge in [-0.1, -0.05) is 18.2 Å². The number of benzene rings is 1. The molecule has 2 rings (SSSR count). The lowest BCUT2D eigenvalue weighted by Gasteiger charge is -2.27. The topological polar surface area (TPSA) is 49.8 Å². The number of aliphatic hydroxyl groups excluding tert-OH is 1. The molecule has 1 saturated heterocycles. The van der Waals surface area contributed by atoms with Gasteiger partial charge in [0, 0.05) is 19.2 Å². The number of amides is 1. The summed E-state index contributed by atoms with van der Waals surface area (Å²) in [6.07, 6.45) is 3.24. The Morgan fingerprint density at radius 3 is 2.90 bits per heavy atom. The van der Waals surface area contributed by atoms with Crippen molar-refractivity contribution >= 4 is 5.91 Å². The molecule has 1 aliphatic heterocycles. The van der Waals surface area contributed by atoms with Crippen LogP contribution in [0.1, 0.15) is 32.6 Å². The highest BCUT2D eigenvalue weighted by Crippen LogP contribution is 2.23. The van der Waals surface area contributed by atoms with E-state index >= 15 is 0 Å². The van der Waals surface area contributed by atoms with E-state index in [1.54, 1.807) is 6.92 Å². The Kier molecular flexibility index (Phi) is 5.41. The highest BCUT2D eigenvalue weighted by Gasteiger charge is 2.31. The molecule has 0 aromatic heterocycles. The lowest BCUT2D eigenvalue weighted by atomic mass is 10.1. The second-order valence-corrected chi connectivity index (χ2v) is 5.27. The van der Waals surface area contributed by atoms with Crippen LogP contribution in [0.15, 0.2) is 30.3 Å². The van der Waals surface area contributed by atoms with Crippen molar-refractivity contribution < 1.29 is 14.6 Å². The van der Waals surface area contributed by atoms with E-state index in [9.17, 15) is 4.79 Å². The van der Waals surface area contributed by atoms with E-state index in [1.165, 1.54) is 0 Å². The molecule has 2 unspecified atom stereocenters. The summed E-state index contributed by atoms with van der Waals surface area (Å²) in [5.74, 6) is 0.772. The van der Waals surface area contributed by atoms with Crippen LogP contribution < -0.4 is 4.74 Å². The molecule has 0 saturated carbocycles. The van der Waals surface area contributed by atoms with Gasteiger partial charge in [-0.05, 0) is 44.7 Å². The molecule has 0 bridgehead atoms. The molecule has 20 heavy (non-hydrogen) atoms. The maximum Gasteiger partial charge on any atom is 0.263 e. The number of para-hydroxylation sites is 1. The van der Waals surface area contributed by atoms with Gasteiger partial charge in [0.1, 0.15) is 5.75 Å². The van der Waals surface area contributed by atoms with Gasteiger partial charge in [-0.2, -0.15) is 0 Å². The second kappa shape index (κ2) is 7.29. The van der Waals surface area contributed by atoms with Gasteiger partial charge in [0.2, 0.25) is 0 Å². The Balaban J connectivity index is 1.92. The average molecular weight is 277 g/mol. The van der Waals surface area contributed by atoms with Crippen molar-refractivity contribution in [2.75, 3.05) is 13.2 Å². The van der Waals surface area contributed by atoms with E-state index in [0.717, 1.165) is 38.0 Å². The van der Waals surface area contributed by atoms with Crippen molar-refractivity contribution in [3.63, 3.8) is 0 Å². The number of ether oxygens (including phenoxy) is 1. The van der Waals surface area contributed by atoms with Crippen LogP contribution in [0.4, 0.5) is 0 Å². The minimum Gasteiger partial charge on any atom is -0.481 e. The zero-order valence-electron chi connectivity index (χ0n) is 12.0. The number of hydrogen-bond donors (Lipinski definition) is 1. The normalized spacial score (nSPS) is 19.9. The van der Waals surface area contributed by atoms with E-state index in [-0.39, 0.29) is 18.6 Å². The van der Waals surface area contributed by atoms with Crippen LogP contribution in [0.3, 0.4) is 0 Å². The summed E-state index contributed by atoms with van der Waals surface area (Å²) in [6, 6.07) is 9.69. The predicted molar refractivity (Wildman–Crippen MR) is 77.6 cm³/mol. The van der Waals surface area contributed by atoms with Gasteiger partial charge in [-0.3, -0.25) is 4.79 Å². The molecule has 1 heterocycles. The maximum absolute atomic E-state index is 12.5. The Bertz CT molecular complexity index is 421. The first kappa shape index (κ1) is 14.9. The van der Waals surface area contributed by atoms with Gasteiger partial charge in [0.05, 0.1) is 0 Å². The van der Waals surface area contributed by atoms with E-state index in [2.05, 4.69) is 0 Å². The van der Waals surface area contributed by atoms with Crippen LogP contribution in [0.5, 0.6) is 5.75 Å². The predicted octanol–water partition coefficient (Wildman–Crippen LogP) is 2.22. The summed E-state index contributed by atoms with van der Waals surface area (Å²) in [7, 11) is 0. The third-order valence-electron chi connectivity index (χ3n) is 3.76. The molecular formula is C16H23NO3. The largest absolute Gasteiger partial charge is 0.481 e. The van der Waals surface area contributed by atoms with Crippen LogP contribution in [-0.2, 0) is 4.79 Å². The summed E-state index contributed by atoms with van der Waals surface area (Å²) < 4.78 is 5.70. The van der Waals surface area contributed by atoms with Crippen LogP contribution in [0.25, 0.3) is 0 Å². The Hall–Kier alpha value is -1.55. The first-order chi connectivity index (χ1) is 9.72. The van der Waals surface area contributed by atoms with Crippen molar-refractivity contribution in [1.82, 2.24) is 4.90 Å². The van der Waals surface area contributed by atoms with E-state index in [4.69, 9.17) is 9.84 Å². The molecule has 4 heteroatoms.